The number of hydrogen-bond donors (Lipinski definition) is 2. The monoisotopic (exact) mass is 335 g/mol. The topological polar surface area (TPSA) is 67.0 Å². The number of methoxy groups -OCH3 is 1. The number of carbonyl (C=O) groups excluding carboxylic acids is 1. The first-order valence-electron chi connectivity index (χ1n) is 8.25. The lowest BCUT2D eigenvalue weighted by molar-refractivity contribution is 0.0951. The molecule has 0 aliphatic rings. The van der Waals surface area contributed by atoms with E-state index in [9.17, 15) is 4.79 Å². The van der Waals surface area contributed by atoms with Gasteiger partial charge < -0.3 is 10.1 Å². The van der Waals surface area contributed by atoms with Gasteiger partial charge in [0.2, 0.25) is 0 Å². The highest BCUT2D eigenvalue weighted by Gasteiger charge is 2.15. The number of hydrogen-bond acceptors (Lipinski definition) is 3. The van der Waals surface area contributed by atoms with Gasteiger partial charge in [-0.05, 0) is 29.7 Å². The Morgan fingerprint density at radius 1 is 1.08 bits per heavy atom. The Morgan fingerprint density at radius 2 is 1.76 bits per heavy atom. The third kappa shape index (κ3) is 3.88. The van der Waals surface area contributed by atoms with Crippen LogP contribution in [0.25, 0.3) is 11.3 Å². The molecule has 0 unspecified atom stereocenters. The summed E-state index contributed by atoms with van der Waals surface area (Å²) in [4.78, 5) is 12.5. The zero-order chi connectivity index (χ0) is 17.6. The fourth-order valence-corrected chi connectivity index (χ4v) is 2.61. The highest BCUT2D eigenvalue weighted by molar-refractivity contribution is 5.99. The molecule has 0 radical (unpaired) electrons. The number of H-pyrrole nitrogens is 1. The van der Waals surface area contributed by atoms with Crippen LogP contribution in [0.4, 0.5) is 0 Å². The minimum atomic E-state index is -0.154. The van der Waals surface area contributed by atoms with Crippen molar-refractivity contribution in [1.29, 1.82) is 0 Å². The number of aromatic nitrogens is 2. The second-order valence-corrected chi connectivity index (χ2v) is 5.74. The van der Waals surface area contributed by atoms with Gasteiger partial charge >= 0.3 is 0 Å². The lowest BCUT2D eigenvalue weighted by atomic mass is 10.0. The second-order valence-electron chi connectivity index (χ2n) is 5.74. The Balaban J connectivity index is 1.71. The van der Waals surface area contributed by atoms with Crippen molar-refractivity contribution in [3.63, 3.8) is 0 Å². The molecule has 2 aromatic carbocycles. The van der Waals surface area contributed by atoms with Crippen LogP contribution in [-0.2, 0) is 13.0 Å². The molecule has 0 saturated heterocycles. The predicted octanol–water partition coefficient (Wildman–Crippen LogP) is 3.58. The van der Waals surface area contributed by atoms with E-state index in [0.29, 0.717) is 12.1 Å². The van der Waals surface area contributed by atoms with Crippen molar-refractivity contribution in [2.45, 2.75) is 19.9 Å². The molecule has 0 saturated carbocycles. The molecule has 2 N–H and O–H groups in total. The molecule has 128 valence electrons. The smallest absolute Gasteiger partial charge is 0.255 e. The number of amides is 1. The first-order valence-corrected chi connectivity index (χ1v) is 8.25. The predicted molar refractivity (Wildman–Crippen MR) is 97.6 cm³/mol. The van der Waals surface area contributed by atoms with Gasteiger partial charge in [-0.15, -0.1) is 0 Å². The molecule has 25 heavy (non-hydrogen) atoms. The summed E-state index contributed by atoms with van der Waals surface area (Å²) in [7, 11) is 1.63. The molecule has 0 aliphatic carbocycles. The molecule has 3 aromatic rings. The van der Waals surface area contributed by atoms with Crippen LogP contribution in [0.1, 0.15) is 28.4 Å². The summed E-state index contributed by atoms with van der Waals surface area (Å²) >= 11 is 0. The Morgan fingerprint density at radius 3 is 2.40 bits per heavy atom. The van der Waals surface area contributed by atoms with Crippen LogP contribution in [0.15, 0.2) is 54.7 Å². The van der Waals surface area contributed by atoms with E-state index < -0.39 is 0 Å². The van der Waals surface area contributed by atoms with E-state index in [4.69, 9.17) is 4.74 Å². The van der Waals surface area contributed by atoms with Crippen LogP contribution >= 0.6 is 0 Å². The Labute approximate surface area is 147 Å². The molecule has 1 amide bonds. The van der Waals surface area contributed by atoms with Crippen molar-refractivity contribution >= 4 is 5.91 Å². The first kappa shape index (κ1) is 16.8. The van der Waals surface area contributed by atoms with E-state index >= 15 is 0 Å². The van der Waals surface area contributed by atoms with E-state index in [0.717, 1.165) is 29.0 Å². The van der Waals surface area contributed by atoms with Crippen LogP contribution in [0, 0.1) is 0 Å². The zero-order valence-electron chi connectivity index (χ0n) is 14.4. The van der Waals surface area contributed by atoms with Crippen LogP contribution in [0.5, 0.6) is 5.75 Å². The van der Waals surface area contributed by atoms with Crippen molar-refractivity contribution in [2.24, 2.45) is 0 Å². The maximum atomic E-state index is 12.5. The number of aryl methyl sites for hydroxylation is 1. The molecule has 5 nitrogen and oxygen atoms in total. The van der Waals surface area contributed by atoms with Gasteiger partial charge in [-0.2, -0.15) is 5.10 Å². The molecule has 1 heterocycles. The number of nitrogens with one attached hydrogen (secondary N) is 2. The Hall–Kier alpha value is -3.08. The number of rotatable bonds is 6. The fraction of sp³-hybridized carbons (Fsp3) is 0.200. The fourth-order valence-electron chi connectivity index (χ4n) is 2.61. The van der Waals surface area contributed by atoms with Gasteiger partial charge in [0.05, 0.1) is 24.6 Å². The third-order valence-electron chi connectivity index (χ3n) is 4.15. The van der Waals surface area contributed by atoms with Crippen LogP contribution in [-0.4, -0.2) is 23.2 Å². The standard InChI is InChI=1S/C20H21N3O2/c1-3-14-4-8-16(9-5-14)19-18(13-22-23-19)20(24)21-12-15-6-10-17(25-2)11-7-15/h4-11,13H,3,12H2,1-2H3,(H,21,24)(H,22,23). The van der Waals surface area contributed by atoms with Gasteiger partial charge in [-0.3, -0.25) is 9.89 Å². The van der Waals surface area contributed by atoms with Gasteiger partial charge in [0.1, 0.15) is 5.75 Å². The van der Waals surface area contributed by atoms with Gasteiger partial charge in [0, 0.05) is 12.1 Å². The normalized spacial score (nSPS) is 10.5. The molecule has 0 fully saturated rings. The molecule has 3 rings (SSSR count). The summed E-state index contributed by atoms with van der Waals surface area (Å²) < 4.78 is 5.14. The van der Waals surface area contributed by atoms with Crippen molar-refractivity contribution in [3.8, 4) is 17.0 Å². The molecule has 0 aliphatic heterocycles. The molecule has 0 atom stereocenters. The summed E-state index contributed by atoms with van der Waals surface area (Å²) in [6.45, 7) is 2.56. The van der Waals surface area contributed by atoms with Crippen LogP contribution in [0.2, 0.25) is 0 Å². The van der Waals surface area contributed by atoms with Crippen molar-refractivity contribution in [2.75, 3.05) is 7.11 Å². The SMILES string of the molecule is CCc1ccc(-c2[nH]ncc2C(=O)NCc2ccc(OC)cc2)cc1. The average Bonchev–Trinajstić information content (AvgIpc) is 3.16. The van der Waals surface area contributed by atoms with E-state index in [-0.39, 0.29) is 5.91 Å². The third-order valence-corrected chi connectivity index (χ3v) is 4.15. The summed E-state index contributed by atoms with van der Waals surface area (Å²) in [5, 5.41) is 9.90. The van der Waals surface area contributed by atoms with E-state index in [1.165, 1.54) is 5.56 Å². The van der Waals surface area contributed by atoms with Gasteiger partial charge in [-0.25, -0.2) is 0 Å². The van der Waals surface area contributed by atoms with Crippen molar-refractivity contribution in [1.82, 2.24) is 15.5 Å². The van der Waals surface area contributed by atoms with E-state index in [1.54, 1.807) is 13.3 Å². The number of ether oxygens (including phenoxy) is 1. The molecular formula is C20H21N3O2. The number of benzene rings is 2. The molecule has 0 bridgehead atoms. The summed E-state index contributed by atoms with van der Waals surface area (Å²) in [5.41, 5.74) is 4.48. The Kier molecular flexibility index (Phi) is 5.14. The van der Waals surface area contributed by atoms with Crippen LogP contribution < -0.4 is 10.1 Å². The second kappa shape index (κ2) is 7.66. The van der Waals surface area contributed by atoms with Crippen LogP contribution in [0.3, 0.4) is 0 Å². The minimum absolute atomic E-state index is 0.154. The van der Waals surface area contributed by atoms with Crippen molar-refractivity contribution in [3.05, 3.63) is 71.4 Å². The molecular weight excluding hydrogens is 314 g/mol. The highest BCUT2D eigenvalue weighted by Crippen LogP contribution is 2.22. The highest BCUT2D eigenvalue weighted by atomic mass is 16.5. The lowest BCUT2D eigenvalue weighted by Crippen LogP contribution is -2.22. The zero-order valence-corrected chi connectivity index (χ0v) is 14.4. The summed E-state index contributed by atoms with van der Waals surface area (Å²) in [5.74, 6) is 0.641. The minimum Gasteiger partial charge on any atom is -0.497 e. The van der Waals surface area contributed by atoms with E-state index in [2.05, 4.69) is 34.6 Å². The quantitative estimate of drug-likeness (QED) is 0.723. The van der Waals surface area contributed by atoms with E-state index in [1.807, 2.05) is 36.4 Å². The summed E-state index contributed by atoms with van der Waals surface area (Å²) in [6, 6.07) is 15.8. The average molecular weight is 335 g/mol. The first-order chi connectivity index (χ1) is 12.2. The van der Waals surface area contributed by atoms with Gasteiger partial charge in [0.15, 0.2) is 0 Å². The number of aromatic amines is 1. The number of carbonyl (C=O) groups is 1. The van der Waals surface area contributed by atoms with Gasteiger partial charge in [0.25, 0.3) is 5.91 Å². The molecule has 5 heteroatoms. The summed E-state index contributed by atoms with van der Waals surface area (Å²) in [6.07, 6.45) is 2.55. The van der Waals surface area contributed by atoms with Gasteiger partial charge in [-0.1, -0.05) is 43.3 Å². The maximum absolute atomic E-state index is 12.5. The number of nitrogens with zero attached hydrogens (tertiary/aromatic N) is 1. The molecule has 1 aromatic heterocycles. The lowest BCUT2D eigenvalue weighted by Gasteiger charge is -2.07. The maximum Gasteiger partial charge on any atom is 0.255 e. The molecule has 0 spiro atoms. The van der Waals surface area contributed by atoms with Crippen molar-refractivity contribution < 1.29 is 9.53 Å². The Bertz CT molecular complexity index is 836. The largest absolute Gasteiger partial charge is 0.497 e.